The molecule has 0 heterocycles. The van der Waals surface area contributed by atoms with Crippen LogP contribution in [0, 0.1) is 11.8 Å². The molecule has 2 aliphatic rings. The van der Waals surface area contributed by atoms with Gasteiger partial charge in [-0.05, 0) is 55.7 Å². The molecular formula is C26H30N2. The van der Waals surface area contributed by atoms with Crippen LogP contribution in [0.15, 0.2) is 85.0 Å². The fourth-order valence-corrected chi connectivity index (χ4v) is 4.47. The topological polar surface area (TPSA) is 15.3 Å². The fraction of sp³-hybridized carbons (Fsp3) is 0.308. The minimum absolute atomic E-state index is 0.399. The number of nitrogens with one attached hydrogen (secondary N) is 1. The first-order valence-corrected chi connectivity index (χ1v) is 10.5. The number of allylic oxidation sites excluding steroid dienone is 4. The average Bonchev–Trinajstić information content (AvgIpc) is 2.76. The lowest BCUT2D eigenvalue weighted by Crippen LogP contribution is -2.36. The second kappa shape index (κ2) is 8.52. The molecule has 0 aromatic heterocycles. The summed E-state index contributed by atoms with van der Waals surface area (Å²) in [5, 5.41) is 3.79. The van der Waals surface area contributed by atoms with Crippen LogP contribution < -0.4 is 10.2 Å². The number of nitrogens with zero attached hydrogens (tertiary/aromatic N) is 1. The summed E-state index contributed by atoms with van der Waals surface area (Å²) < 4.78 is 0. The summed E-state index contributed by atoms with van der Waals surface area (Å²) in [6, 6.07) is 20.1. The van der Waals surface area contributed by atoms with E-state index in [0.717, 1.165) is 19.5 Å². The van der Waals surface area contributed by atoms with Gasteiger partial charge in [0.15, 0.2) is 0 Å². The molecule has 0 amide bonds. The van der Waals surface area contributed by atoms with Crippen molar-refractivity contribution in [2.45, 2.75) is 26.3 Å². The molecule has 3 unspecified atom stereocenters. The first-order chi connectivity index (χ1) is 13.8. The Balaban J connectivity index is 1.59. The minimum Gasteiger partial charge on any atom is -0.381 e. The zero-order valence-electron chi connectivity index (χ0n) is 16.9. The molecule has 0 spiro atoms. The van der Waals surface area contributed by atoms with E-state index < -0.39 is 0 Å². The van der Waals surface area contributed by atoms with Crippen LogP contribution >= 0.6 is 0 Å². The van der Waals surface area contributed by atoms with Crippen molar-refractivity contribution in [3.05, 3.63) is 90.5 Å². The molecule has 144 valence electrons. The molecule has 0 saturated heterocycles. The summed E-state index contributed by atoms with van der Waals surface area (Å²) in [5.41, 5.74) is 5.30. The standard InChI is InChI=1S/C26H30N2/c1-3-28(4-2)24-16-14-20(15-17-24)22-18-21-10-8-9-13-25(21)26(19-22)27-23-11-6-5-7-12-23/h5-18,21,25-27H,3-4,19H2,1-2H3. The predicted octanol–water partition coefficient (Wildman–Crippen LogP) is 6.16. The minimum atomic E-state index is 0.399. The lowest BCUT2D eigenvalue weighted by Gasteiger charge is -2.37. The fourth-order valence-electron chi connectivity index (χ4n) is 4.47. The van der Waals surface area contributed by atoms with E-state index in [1.807, 2.05) is 0 Å². The Labute approximate surface area is 169 Å². The van der Waals surface area contributed by atoms with Crippen LogP contribution in [-0.4, -0.2) is 19.1 Å². The van der Waals surface area contributed by atoms with Gasteiger partial charge in [0.25, 0.3) is 0 Å². The number of rotatable bonds is 6. The van der Waals surface area contributed by atoms with E-state index in [2.05, 4.69) is 109 Å². The number of fused-ring (bicyclic) bond motifs is 1. The Morgan fingerprint density at radius 3 is 2.32 bits per heavy atom. The van der Waals surface area contributed by atoms with E-state index in [4.69, 9.17) is 0 Å². The summed E-state index contributed by atoms with van der Waals surface area (Å²) in [5.74, 6) is 0.960. The van der Waals surface area contributed by atoms with Crippen molar-refractivity contribution in [3.8, 4) is 0 Å². The average molecular weight is 371 g/mol. The molecule has 0 fully saturated rings. The summed E-state index contributed by atoms with van der Waals surface area (Å²) in [7, 11) is 0. The van der Waals surface area contributed by atoms with E-state index in [-0.39, 0.29) is 0 Å². The van der Waals surface area contributed by atoms with Crippen molar-refractivity contribution in [2.24, 2.45) is 11.8 Å². The quantitative estimate of drug-likeness (QED) is 0.655. The highest BCUT2D eigenvalue weighted by Gasteiger charge is 2.31. The van der Waals surface area contributed by atoms with Crippen LogP contribution in [-0.2, 0) is 0 Å². The molecular weight excluding hydrogens is 340 g/mol. The van der Waals surface area contributed by atoms with Crippen LogP contribution in [0.5, 0.6) is 0 Å². The van der Waals surface area contributed by atoms with E-state index in [0.29, 0.717) is 17.9 Å². The maximum atomic E-state index is 3.79. The van der Waals surface area contributed by atoms with Gasteiger partial charge in [0, 0.05) is 42.3 Å². The Morgan fingerprint density at radius 1 is 0.893 bits per heavy atom. The van der Waals surface area contributed by atoms with Crippen molar-refractivity contribution in [1.82, 2.24) is 0 Å². The third-order valence-corrected chi connectivity index (χ3v) is 6.01. The first kappa shape index (κ1) is 18.6. The Morgan fingerprint density at radius 2 is 1.61 bits per heavy atom. The van der Waals surface area contributed by atoms with E-state index in [9.17, 15) is 0 Å². The lowest BCUT2D eigenvalue weighted by molar-refractivity contribution is 0.453. The van der Waals surface area contributed by atoms with E-state index >= 15 is 0 Å². The van der Waals surface area contributed by atoms with Gasteiger partial charge in [0.1, 0.15) is 0 Å². The van der Waals surface area contributed by atoms with Gasteiger partial charge in [-0.3, -0.25) is 0 Å². The van der Waals surface area contributed by atoms with Gasteiger partial charge in [-0.15, -0.1) is 0 Å². The maximum Gasteiger partial charge on any atom is 0.0373 e. The van der Waals surface area contributed by atoms with Crippen LogP contribution in [0.3, 0.4) is 0 Å². The molecule has 4 rings (SSSR count). The normalized spacial score (nSPS) is 23.1. The van der Waals surface area contributed by atoms with Gasteiger partial charge in [0.2, 0.25) is 0 Å². The second-order valence-electron chi connectivity index (χ2n) is 7.66. The molecule has 0 bridgehead atoms. The Bertz CT molecular complexity index is 857. The van der Waals surface area contributed by atoms with Crippen LogP contribution in [0.25, 0.3) is 5.57 Å². The number of anilines is 2. The zero-order valence-corrected chi connectivity index (χ0v) is 16.9. The highest BCUT2D eigenvalue weighted by atomic mass is 15.1. The van der Waals surface area contributed by atoms with E-state index in [1.165, 1.54) is 22.5 Å². The number of hydrogen-bond acceptors (Lipinski definition) is 2. The van der Waals surface area contributed by atoms with Crippen molar-refractivity contribution in [1.29, 1.82) is 0 Å². The SMILES string of the molecule is CCN(CC)c1ccc(C2=CC3C=CC=CC3C(Nc3ccccc3)C2)cc1. The molecule has 2 aromatic carbocycles. The van der Waals surface area contributed by atoms with Crippen molar-refractivity contribution in [2.75, 3.05) is 23.3 Å². The van der Waals surface area contributed by atoms with Crippen LogP contribution in [0.4, 0.5) is 11.4 Å². The molecule has 2 aromatic rings. The van der Waals surface area contributed by atoms with Gasteiger partial charge < -0.3 is 10.2 Å². The Kier molecular flexibility index (Phi) is 5.66. The molecule has 28 heavy (non-hydrogen) atoms. The summed E-state index contributed by atoms with van der Waals surface area (Å²) in [6.45, 7) is 6.51. The lowest BCUT2D eigenvalue weighted by atomic mass is 9.73. The largest absolute Gasteiger partial charge is 0.381 e. The summed E-state index contributed by atoms with van der Waals surface area (Å²) in [4.78, 5) is 2.39. The van der Waals surface area contributed by atoms with Crippen molar-refractivity contribution < 1.29 is 0 Å². The van der Waals surface area contributed by atoms with Gasteiger partial charge in [0.05, 0.1) is 0 Å². The van der Waals surface area contributed by atoms with Gasteiger partial charge in [-0.1, -0.05) is 60.7 Å². The van der Waals surface area contributed by atoms with Crippen LogP contribution in [0.1, 0.15) is 25.8 Å². The highest BCUT2D eigenvalue weighted by Crippen LogP contribution is 2.39. The summed E-state index contributed by atoms with van der Waals surface area (Å²) in [6.07, 6.45) is 12.6. The highest BCUT2D eigenvalue weighted by molar-refractivity contribution is 5.70. The molecule has 0 saturated carbocycles. The molecule has 2 aliphatic carbocycles. The second-order valence-corrected chi connectivity index (χ2v) is 7.66. The summed E-state index contributed by atoms with van der Waals surface area (Å²) >= 11 is 0. The number of para-hydroxylation sites is 1. The zero-order chi connectivity index (χ0) is 19.3. The number of hydrogen-bond donors (Lipinski definition) is 1. The Hall–Kier alpha value is -2.74. The molecule has 1 N–H and O–H groups in total. The van der Waals surface area contributed by atoms with Gasteiger partial charge in [-0.2, -0.15) is 0 Å². The van der Waals surface area contributed by atoms with Gasteiger partial charge in [-0.25, -0.2) is 0 Å². The molecule has 3 atom stereocenters. The molecule has 2 nitrogen and oxygen atoms in total. The third kappa shape index (κ3) is 3.91. The maximum absolute atomic E-state index is 3.79. The first-order valence-electron chi connectivity index (χ1n) is 10.5. The number of benzene rings is 2. The van der Waals surface area contributed by atoms with Crippen molar-refractivity contribution in [3.63, 3.8) is 0 Å². The van der Waals surface area contributed by atoms with Crippen LogP contribution in [0.2, 0.25) is 0 Å². The molecule has 2 heteroatoms. The van der Waals surface area contributed by atoms with E-state index in [1.54, 1.807) is 0 Å². The smallest absolute Gasteiger partial charge is 0.0373 e. The van der Waals surface area contributed by atoms with Gasteiger partial charge >= 0.3 is 0 Å². The molecule has 0 aliphatic heterocycles. The molecule has 0 radical (unpaired) electrons. The van der Waals surface area contributed by atoms with Crippen molar-refractivity contribution >= 4 is 16.9 Å². The third-order valence-electron chi connectivity index (χ3n) is 6.01. The monoisotopic (exact) mass is 370 g/mol. The predicted molar refractivity (Wildman–Crippen MR) is 122 cm³/mol.